The average Bonchev–Trinajstić information content (AvgIpc) is 2.23. The van der Waals surface area contributed by atoms with Gasteiger partial charge in [-0.05, 0) is 12.1 Å². The summed E-state index contributed by atoms with van der Waals surface area (Å²) in [5.74, 6) is 0. The first kappa shape index (κ1) is 8.69. The lowest BCUT2D eigenvalue weighted by Crippen LogP contribution is -2.11. The van der Waals surface area contributed by atoms with Crippen molar-refractivity contribution in [2.24, 2.45) is 0 Å². The highest BCUT2D eigenvalue weighted by Gasteiger charge is 2.00. The quantitative estimate of drug-likeness (QED) is 0.667. The van der Waals surface area contributed by atoms with E-state index in [1.54, 1.807) is 18.5 Å². The van der Waals surface area contributed by atoms with Gasteiger partial charge in [-0.1, -0.05) is 18.2 Å². The number of hydrogen-bond acceptors (Lipinski definition) is 2. The van der Waals surface area contributed by atoms with Crippen LogP contribution in [0.3, 0.4) is 0 Å². The van der Waals surface area contributed by atoms with Crippen molar-refractivity contribution in [3.63, 3.8) is 0 Å². The van der Waals surface area contributed by atoms with Gasteiger partial charge in [-0.3, -0.25) is 4.79 Å². The van der Waals surface area contributed by atoms with Crippen LogP contribution in [0.25, 0.3) is 10.9 Å². The molecular weight excluding hydrogens is 176 g/mol. The summed E-state index contributed by atoms with van der Waals surface area (Å²) in [5.41, 5.74) is 0.716. The first-order valence-electron chi connectivity index (χ1n) is 4.38. The Balaban J connectivity index is 2.81. The zero-order valence-electron chi connectivity index (χ0n) is 7.68. The van der Waals surface area contributed by atoms with Crippen LogP contribution in [0.4, 0.5) is 0 Å². The smallest absolute Gasteiger partial charge is 0.280 e. The summed E-state index contributed by atoms with van der Waals surface area (Å²) in [6.07, 6.45) is 3.32. The Bertz CT molecular complexity index is 528. The van der Waals surface area contributed by atoms with Crippen LogP contribution < -0.4 is 5.56 Å². The number of aromatic nitrogens is 2. The Morgan fingerprint density at radius 1 is 1.43 bits per heavy atom. The van der Waals surface area contributed by atoms with Crippen molar-refractivity contribution in [3.8, 4) is 0 Å². The fraction of sp³-hybridized carbons (Fsp3) is 0.0909. The minimum absolute atomic E-state index is 0.180. The third kappa shape index (κ3) is 1.33. The minimum Gasteiger partial charge on any atom is -0.328 e. The van der Waals surface area contributed by atoms with E-state index in [0.29, 0.717) is 11.9 Å². The molecule has 0 aliphatic heterocycles. The van der Waals surface area contributed by atoms with Crippen LogP contribution in [0.2, 0.25) is 0 Å². The highest BCUT2D eigenvalue weighted by Crippen LogP contribution is 2.07. The molecular formula is C11H10N2O. The van der Waals surface area contributed by atoms with E-state index in [1.165, 1.54) is 0 Å². The Kier molecular flexibility index (Phi) is 2.14. The van der Waals surface area contributed by atoms with Crippen LogP contribution in [-0.4, -0.2) is 9.55 Å². The molecule has 2 rings (SSSR count). The van der Waals surface area contributed by atoms with E-state index in [2.05, 4.69) is 11.6 Å². The van der Waals surface area contributed by atoms with E-state index in [4.69, 9.17) is 0 Å². The highest BCUT2D eigenvalue weighted by atomic mass is 16.1. The largest absolute Gasteiger partial charge is 0.328 e. The van der Waals surface area contributed by atoms with E-state index in [1.807, 2.05) is 22.8 Å². The lowest BCUT2D eigenvalue weighted by Gasteiger charge is -2.05. The summed E-state index contributed by atoms with van der Waals surface area (Å²) in [6.45, 7) is 4.32. The van der Waals surface area contributed by atoms with Crippen LogP contribution in [0, 0.1) is 0 Å². The van der Waals surface area contributed by atoms with Gasteiger partial charge in [-0.15, -0.1) is 6.58 Å². The average molecular weight is 186 g/mol. The van der Waals surface area contributed by atoms with Crippen LogP contribution >= 0.6 is 0 Å². The standard InChI is InChI=1S/C11H10N2O/c1-2-7-13-8-12-11(14)9-5-3-4-6-10(9)13/h2-6,8H,1,7H2. The van der Waals surface area contributed by atoms with Crippen LogP contribution in [0.1, 0.15) is 0 Å². The van der Waals surface area contributed by atoms with Crippen LogP contribution in [-0.2, 0) is 6.54 Å². The lowest BCUT2D eigenvalue weighted by atomic mass is 10.2. The lowest BCUT2D eigenvalue weighted by molar-refractivity contribution is 0.820. The molecule has 3 nitrogen and oxygen atoms in total. The van der Waals surface area contributed by atoms with Crippen molar-refractivity contribution in [3.05, 3.63) is 53.6 Å². The SMILES string of the molecule is C=CCn1cnc(=O)c2ccccc21. The van der Waals surface area contributed by atoms with Gasteiger partial charge in [0.15, 0.2) is 0 Å². The second kappa shape index (κ2) is 3.46. The molecule has 0 saturated carbocycles. The maximum Gasteiger partial charge on any atom is 0.280 e. The number of hydrogen-bond donors (Lipinski definition) is 0. The first-order chi connectivity index (χ1) is 6.83. The van der Waals surface area contributed by atoms with Crippen molar-refractivity contribution in [2.75, 3.05) is 0 Å². The molecule has 0 unspecified atom stereocenters. The molecule has 0 saturated heterocycles. The summed E-state index contributed by atoms with van der Waals surface area (Å²) in [6, 6.07) is 7.43. The third-order valence-corrected chi connectivity index (χ3v) is 2.08. The minimum atomic E-state index is -0.180. The first-order valence-corrected chi connectivity index (χ1v) is 4.38. The van der Waals surface area contributed by atoms with E-state index in [0.717, 1.165) is 5.52 Å². The molecule has 1 aromatic heterocycles. The van der Waals surface area contributed by atoms with Crippen molar-refractivity contribution in [2.45, 2.75) is 6.54 Å². The van der Waals surface area contributed by atoms with Crippen molar-refractivity contribution < 1.29 is 0 Å². The molecule has 0 aliphatic carbocycles. The van der Waals surface area contributed by atoms with Gasteiger partial charge in [0.1, 0.15) is 0 Å². The van der Waals surface area contributed by atoms with Crippen molar-refractivity contribution in [1.82, 2.24) is 9.55 Å². The van der Waals surface area contributed by atoms with E-state index >= 15 is 0 Å². The number of benzene rings is 1. The molecule has 0 radical (unpaired) electrons. The highest BCUT2D eigenvalue weighted by molar-refractivity contribution is 5.77. The van der Waals surface area contributed by atoms with Crippen LogP contribution in [0.15, 0.2) is 48.0 Å². The van der Waals surface area contributed by atoms with Gasteiger partial charge in [0, 0.05) is 6.54 Å². The summed E-state index contributed by atoms with van der Waals surface area (Å²) in [7, 11) is 0. The van der Waals surface area contributed by atoms with Crippen molar-refractivity contribution >= 4 is 10.9 Å². The van der Waals surface area contributed by atoms with Gasteiger partial charge in [0.05, 0.1) is 17.2 Å². The monoisotopic (exact) mass is 186 g/mol. The zero-order valence-corrected chi connectivity index (χ0v) is 7.68. The third-order valence-electron chi connectivity index (χ3n) is 2.08. The molecule has 14 heavy (non-hydrogen) atoms. The fourth-order valence-corrected chi connectivity index (χ4v) is 1.44. The molecule has 1 heterocycles. The number of fused-ring (bicyclic) bond motifs is 1. The molecule has 0 N–H and O–H groups in total. The number of allylic oxidation sites excluding steroid dienone is 1. The topological polar surface area (TPSA) is 34.9 Å². The predicted molar refractivity (Wildman–Crippen MR) is 56.2 cm³/mol. The van der Waals surface area contributed by atoms with E-state index in [-0.39, 0.29) is 5.56 Å². The van der Waals surface area contributed by atoms with Gasteiger partial charge >= 0.3 is 0 Å². The zero-order chi connectivity index (χ0) is 9.97. The predicted octanol–water partition coefficient (Wildman–Crippen LogP) is 1.58. The van der Waals surface area contributed by atoms with Gasteiger partial charge in [0.25, 0.3) is 5.56 Å². The molecule has 1 aromatic carbocycles. The Hall–Kier alpha value is -1.90. The van der Waals surface area contributed by atoms with Gasteiger partial charge in [0.2, 0.25) is 0 Å². The molecule has 0 bridgehead atoms. The molecule has 0 amide bonds. The number of rotatable bonds is 2. The Morgan fingerprint density at radius 2 is 2.21 bits per heavy atom. The summed E-state index contributed by atoms with van der Waals surface area (Å²) in [4.78, 5) is 15.2. The fourth-order valence-electron chi connectivity index (χ4n) is 1.44. The molecule has 3 heteroatoms. The summed E-state index contributed by atoms with van der Waals surface area (Å²) >= 11 is 0. The molecule has 0 spiro atoms. The summed E-state index contributed by atoms with van der Waals surface area (Å²) < 4.78 is 1.89. The van der Waals surface area contributed by atoms with Gasteiger partial charge in [-0.25, -0.2) is 0 Å². The van der Waals surface area contributed by atoms with Crippen LogP contribution in [0.5, 0.6) is 0 Å². The Morgan fingerprint density at radius 3 is 3.00 bits per heavy atom. The molecule has 0 atom stereocenters. The number of nitrogens with zero attached hydrogens (tertiary/aromatic N) is 2. The Labute approximate surface area is 81.3 Å². The maximum absolute atomic E-state index is 11.4. The molecule has 0 aliphatic rings. The van der Waals surface area contributed by atoms with E-state index < -0.39 is 0 Å². The normalized spacial score (nSPS) is 10.3. The van der Waals surface area contributed by atoms with Gasteiger partial charge < -0.3 is 4.57 Å². The summed E-state index contributed by atoms with van der Waals surface area (Å²) in [5, 5.41) is 0.650. The maximum atomic E-state index is 11.4. The van der Waals surface area contributed by atoms with E-state index in [9.17, 15) is 4.79 Å². The number of para-hydroxylation sites is 1. The second-order valence-corrected chi connectivity index (χ2v) is 3.01. The van der Waals surface area contributed by atoms with Gasteiger partial charge in [-0.2, -0.15) is 4.98 Å². The second-order valence-electron chi connectivity index (χ2n) is 3.01. The molecule has 70 valence electrons. The van der Waals surface area contributed by atoms with Crippen molar-refractivity contribution in [1.29, 1.82) is 0 Å². The molecule has 2 aromatic rings. The molecule has 0 fully saturated rings.